The van der Waals surface area contributed by atoms with Crippen molar-refractivity contribution in [3.63, 3.8) is 0 Å². The Balaban J connectivity index is 0.000000885. The van der Waals surface area contributed by atoms with Gasteiger partial charge in [0.15, 0.2) is 0 Å². The maximum atomic E-state index is 13.0. The van der Waals surface area contributed by atoms with E-state index in [4.69, 9.17) is 4.74 Å². The van der Waals surface area contributed by atoms with Crippen LogP contribution in [0.25, 0.3) is 0 Å². The van der Waals surface area contributed by atoms with E-state index in [1.54, 1.807) is 18.3 Å². The molecular weight excluding hydrogens is 827 g/mol. The molecule has 0 spiro atoms. The number of rotatable bonds is 39. The smallest absolute Gasteiger partial charge is 0.308 e. The van der Waals surface area contributed by atoms with Crippen LogP contribution in [0.5, 0.6) is 0 Å². The average Bonchev–Trinajstić information content (AvgIpc) is 3.62. The minimum absolute atomic E-state index is 0.00321. The van der Waals surface area contributed by atoms with E-state index in [9.17, 15) is 19.2 Å². The molecule has 2 heterocycles. The van der Waals surface area contributed by atoms with Crippen molar-refractivity contribution in [2.75, 3.05) is 40.3 Å². The quantitative estimate of drug-likeness (QED) is 0.0401. The van der Waals surface area contributed by atoms with Gasteiger partial charge in [0.05, 0.1) is 24.6 Å². The van der Waals surface area contributed by atoms with Crippen molar-refractivity contribution in [3.05, 3.63) is 45.2 Å². The molecule has 65 heavy (non-hydrogen) atoms. The number of hydrogen-bond acceptors (Lipinski definition) is 7. The maximum Gasteiger partial charge on any atom is 0.308 e. The molecule has 0 aromatic carbocycles. The number of esters is 1. The van der Waals surface area contributed by atoms with Gasteiger partial charge in [0.25, 0.3) is 5.91 Å². The van der Waals surface area contributed by atoms with Gasteiger partial charge in [-0.25, -0.2) is 0 Å². The molecule has 9 heteroatoms. The van der Waals surface area contributed by atoms with Crippen molar-refractivity contribution in [3.8, 4) is 0 Å². The van der Waals surface area contributed by atoms with Crippen molar-refractivity contribution < 1.29 is 23.9 Å². The lowest BCUT2D eigenvalue weighted by molar-refractivity contribution is -0.149. The third-order valence-electron chi connectivity index (χ3n) is 12.6. The van der Waals surface area contributed by atoms with E-state index in [2.05, 4.69) is 55.3 Å². The maximum absolute atomic E-state index is 13.0. The van der Waals surface area contributed by atoms with Crippen LogP contribution in [0.1, 0.15) is 246 Å². The minimum Gasteiger partial charge on any atom is -0.465 e. The summed E-state index contributed by atoms with van der Waals surface area (Å²) in [5, 5.41) is 3.05. The van der Waals surface area contributed by atoms with E-state index < -0.39 is 0 Å². The molecule has 0 atom stereocenters. The first kappa shape index (κ1) is 60.2. The molecule has 2 amide bonds. The summed E-state index contributed by atoms with van der Waals surface area (Å²) in [5.74, 6) is 0.547. The topological polar surface area (TPSA) is 96.0 Å². The van der Waals surface area contributed by atoms with Crippen LogP contribution < -0.4 is 5.32 Å². The SMILES string of the molecule is CCCCC/C=C\C/C=C\CCCCCCCC(C)=O.CCCCCCCCC(CCCCCCCC)C(=O)OCCCCCC(=O)N1CCc2c(sc(C)c2C(=O)NCCN(C)C)C1. The van der Waals surface area contributed by atoms with Crippen LogP contribution in [0.3, 0.4) is 0 Å². The van der Waals surface area contributed by atoms with Crippen LogP contribution in [-0.2, 0) is 32.1 Å². The molecule has 0 unspecified atom stereocenters. The number of ether oxygens (including phenoxy) is 1. The minimum atomic E-state index is -0.00527. The van der Waals surface area contributed by atoms with Crippen LogP contribution in [0.2, 0.25) is 0 Å². The number of carbonyl (C=O) groups is 4. The van der Waals surface area contributed by atoms with Crippen molar-refractivity contribution >= 4 is 34.9 Å². The Morgan fingerprint density at radius 2 is 1.22 bits per heavy atom. The summed E-state index contributed by atoms with van der Waals surface area (Å²) in [6, 6.07) is 0. The molecule has 1 aromatic rings. The molecule has 0 fully saturated rings. The van der Waals surface area contributed by atoms with Crippen molar-refractivity contribution in [1.29, 1.82) is 0 Å². The summed E-state index contributed by atoms with van der Waals surface area (Å²) in [6.45, 7) is 13.6. The molecule has 0 aliphatic carbocycles. The number of aryl methyl sites for hydroxylation is 1. The molecule has 1 aromatic heterocycles. The number of nitrogens with one attached hydrogen (secondary N) is 1. The Hall–Kier alpha value is -2.78. The fraction of sp³-hybridized carbons (Fsp3) is 0.786. The van der Waals surface area contributed by atoms with Gasteiger partial charge in [-0.2, -0.15) is 0 Å². The number of fused-ring (bicyclic) bond motifs is 1. The van der Waals surface area contributed by atoms with Gasteiger partial charge in [0.1, 0.15) is 5.78 Å². The lowest BCUT2D eigenvalue weighted by atomic mass is 9.94. The van der Waals surface area contributed by atoms with Gasteiger partial charge < -0.3 is 24.6 Å². The second-order valence-corrected chi connectivity index (χ2v) is 20.3. The molecule has 8 nitrogen and oxygen atoms in total. The van der Waals surface area contributed by atoms with Gasteiger partial charge in [-0.1, -0.05) is 154 Å². The zero-order chi connectivity index (χ0) is 47.8. The van der Waals surface area contributed by atoms with Crippen molar-refractivity contribution in [1.82, 2.24) is 15.1 Å². The molecule has 0 saturated carbocycles. The summed E-state index contributed by atoms with van der Waals surface area (Å²) in [7, 11) is 3.99. The third-order valence-corrected chi connectivity index (χ3v) is 13.7. The van der Waals surface area contributed by atoms with E-state index in [0.717, 1.165) is 98.1 Å². The molecule has 1 aliphatic rings. The fourth-order valence-electron chi connectivity index (χ4n) is 8.44. The Morgan fingerprint density at radius 3 is 1.82 bits per heavy atom. The predicted octanol–water partition coefficient (Wildman–Crippen LogP) is 14.8. The normalized spacial score (nSPS) is 12.6. The number of thiophene rings is 1. The largest absolute Gasteiger partial charge is 0.465 e. The van der Waals surface area contributed by atoms with Crippen LogP contribution in [0.15, 0.2) is 24.3 Å². The molecule has 1 aliphatic heterocycles. The second kappa shape index (κ2) is 41.4. The summed E-state index contributed by atoms with van der Waals surface area (Å²) >= 11 is 1.65. The first-order valence-corrected chi connectivity index (χ1v) is 27.6. The van der Waals surface area contributed by atoms with E-state index in [1.165, 1.54) is 122 Å². The number of amides is 2. The molecule has 0 saturated heterocycles. The Kier molecular flexibility index (Phi) is 38.4. The Labute approximate surface area is 403 Å². The van der Waals surface area contributed by atoms with Crippen LogP contribution in [-0.4, -0.2) is 73.7 Å². The van der Waals surface area contributed by atoms with E-state index >= 15 is 0 Å². The summed E-state index contributed by atoms with van der Waals surface area (Å²) in [4.78, 5) is 55.7. The Morgan fingerprint density at radius 1 is 0.692 bits per heavy atom. The fourth-order valence-corrected chi connectivity index (χ4v) is 9.68. The van der Waals surface area contributed by atoms with E-state index in [1.807, 2.05) is 25.9 Å². The molecule has 1 N–H and O–H groups in total. The number of nitrogens with zero attached hydrogens (tertiary/aromatic N) is 2. The second-order valence-electron chi connectivity index (χ2n) is 19.0. The third kappa shape index (κ3) is 31.8. The van der Waals surface area contributed by atoms with Gasteiger partial charge in [-0.15, -0.1) is 11.3 Å². The predicted molar refractivity (Wildman–Crippen MR) is 278 cm³/mol. The van der Waals surface area contributed by atoms with Crippen LogP contribution in [0.4, 0.5) is 0 Å². The van der Waals surface area contributed by atoms with Gasteiger partial charge in [0, 0.05) is 42.2 Å². The number of allylic oxidation sites excluding steroid dienone is 4. The molecule has 0 bridgehead atoms. The lowest BCUT2D eigenvalue weighted by Crippen LogP contribution is -2.36. The standard InChI is InChI=1S/C37H65N3O4S.C19H34O/c1-6-8-10-12-14-17-21-31(22-18-15-13-11-9-7-2)37(43)44-28-20-16-19-23-34(41)40-26-24-32-33(29-40)45-30(3)35(32)36(42)38-25-27-39(4)5;1-3-4-5-6-7-8-9-10-11-12-13-14-15-16-17-18-19(2)20/h31H,6-29H2,1-5H3,(H,38,42);7-8,10-11H,3-6,9,12-18H2,1-2H3/b;8-7-,11-10-. The van der Waals surface area contributed by atoms with Crippen LogP contribution in [0, 0.1) is 12.8 Å². The number of ketones is 1. The summed E-state index contributed by atoms with van der Waals surface area (Å²) in [5.41, 5.74) is 1.94. The monoisotopic (exact) mass is 926 g/mol. The highest BCUT2D eigenvalue weighted by molar-refractivity contribution is 7.12. The van der Waals surface area contributed by atoms with E-state index in [0.29, 0.717) is 38.4 Å². The van der Waals surface area contributed by atoms with Gasteiger partial charge >= 0.3 is 5.97 Å². The highest BCUT2D eigenvalue weighted by atomic mass is 32.1. The molecule has 2 rings (SSSR count). The van der Waals surface area contributed by atoms with Crippen LogP contribution >= 0.6 is 11.3 Å². The first-order valence-electron chi connectivity index (χ1n) is 26.8. The summed E-state index contributed by atoms with van der Waals surface area (Å²) < 4.78 is 5.76. The number of likely N-dealkylation sites (N-methyl/N-ethyl adjacent to an activating group) is 1. The summed E-state index contributed by atoms with van der Waals surface area (Å²) in [6.07, 6.45) is 44.2. The van der Waals surface area contributed by atoms with Gasteiger partial charge in [0.2, 0.25) is 5.91 Å². The van der Waals surface area contributed by atoms with E-state index in [-0.39, 0.29) is 23.7 Å². The molecular formula is C56H99N3O5S. The van der Waals surface area contributed by atoms with Gasteiger partial charge in [-0.05, 0) is 111 Å². The number of unbranched alkanes of at least 4 members (excludes halogenated alkanes) is 20. The molecule has 374 valence electrons. The highest BCUT2D eigenvalue weighted by Gasteiger charge is 2.28. The zero-order valence-electron chi connectivity index (χ0n) is 43.2. The highest BCUT2D eigenvalue weighted by Crippen LogP contribution is 2.33. The van der Waals surface area contributed by atoms with Crippen molar-refractivity contribution in [2.45, 2.75) is 240 Å². The number of Topliss-reactive ketones (excluding diaryl/α,β-unsaturated/α-hetero) is 1. The zero-order valence-corrected chi connectivity index (χ0v) is 44.0. The number of hydrogen-bond donors (Lipinski definition) is 1. The average molecular weight is 926 g/mol. The molecule has 0 radical (unpaired) electrons. The Bertz CT molecular complexity index is 1420. The number of carbonyl (C=O) groups excluding carboxylic acids is 4. The van der Waals surface area contributed by atoms with Gasteiger partial charge in [-0.3, -0.25) is 14.4 Å². The lowest BCUT2D eigenvalue weighted by Gasteiger charge is -2.27. The van der Waals surface area contributed by atoms with Crippen molar-refractivity contribution in [2.24, 2.45) is 5.92 Å². The first-order chi connectivity index (χ1) is 31.5.